The maximum Gasteiger partial charge on any atom is 0.285 e. The van der Waals surface area contributed by atoms with Gasteiger partial charge in [-0.25, -0.2) is 8.42 Å². The summed E-state index contributed by atoms with van der Waals surface area (Å²) in [4.78, 5) is 12.6. The molecule has 9 nitrogen and oxygen atoms in total. The Kier molecular flexibility index (Phi) is 8.75. The maximum absolute atomic E-state index is 13.0. The number of hydrogen-bond acceptors (Lipinski definition) is 9. The first kappa shape index (κ1) is 27.6. The molecule has 0 amide bonds. The van der Waals surface area contributed by atoms with Gasteiger partial charge in [0.25, 0.3) is 16.7 Å². The normalized spacial score (nSPS) is 16.9. The van der Waals surface area contributed by atoms with Crippen LogP contribution >= 0.6 is 0 Å². The van der Waals surface area contributed by atoms with Crippen molar-refractivity contribution >= 4 is 15.0 Å². The first-order chi connectivity index (χ1) is 17.0. The largest absolute Gasteiger partial charge is 0.388 e. The molecule has 4 N–H and O–H groups in total. The fourth-order valence-corrected chi connectivity index (χ4v) is 4.66. The standard InChI is InChI=1S/C26H28O9S/c1-19(27)25(30,34-17-20-11-5-2-6-12-20)26(31,35-18-21-13-7-3-8-14-21)23(28)24(29)36(32,33)22-15-9-4-10-16-22/h2-16,19,23,27-28,30-31H,17-18H2,1H3/t19-,23+,25-,26+/m1/s1. The van der Waals surface area contributed by atoms with Crippen LogP contribution in [0.15, 0.2) is 95.9 Å². The van der Waals surface area contributed by atoms with E-state index >= 15 is 0 Å². The van der Waals surface area contributed by atoms with E-state index in [1.54, 1.807) is 60.7 Å². The van der Waals surface area contributed by atoms with Gasteiger partial charge in [-0.2, -0.15) is 0 Å². The van der Waals surface area contributed by atoms with E-state index in [-0.39, 0.29) is 6.61 Å². The quantitative estimate of drug-likeness (QED) is 0.278. The average Bonchev–Trinajstić information content (AvgIpc) is 2.90. The van der Waals surface area contributed by atoms with Crippen LogP contribution < -0.4 is 0 Å². The predicted octanol–water partition coefficient (Wildman–Crippen LogP) is 1.54. The number of rotatable bonds is 11. The Morgan fingerprint density at radius 2 is 1.14 bits per heavy atom. The van der Waals surface area contributed by atoms with E-state index in [0.29, 0.717) is 11.1 Å². The van der Waals surface area contributed by atoms with Crippen LogP contribution in [0, 0.1) is 0 Å². The number of ether oxygens (including phenoxy) is 2. The van der Waals surface area contributed by atoms with Crippen LogP contribution in [-0.4, -0.2) is 57.7 Å². The SMILES string of the molecule is C[C@@H](O)[C@@](O)(OCc1ccccc1)[C@@](O)(OCc1ccccc1)[C@@H](O)C(=O)S(=O)(=O)c1ccccc1. The Labute approximate surface area is 209 Å². The lowest BCUT2D eigenvalue weighted by molar-refractivity contribution is -0.429. The zero-order valence-corrected chi connectivity index (χ0v) is 20.3. The molecule has 36 heavy (non-hydrogen) atoms. The Morgan fingerprint density at radius 1 is 0.750 bits per heavy atom. The summed E-state index contributed by atoms with van der Waals surface area (Å²) in [5, 5.41) is 42.4. The molecule has 0 aliphatic rings. The third-order valence-corrected chi connectivity index (χ3v) is 7.24. The molecule has 3 rings (SSSR count). The van der Waals surface area contributed by atoms with Gasteiger partial charge < -0.3 is 29.9 Å². The summed E-state index contributed by atoms with van der Waals surface area (Å²) in [6, 6.07) is 23.2. The smallest absolute Gasteiger partial charge is 0.285 e. The van der Waals surface area contributed by atoms with Gasteiger partial charge in [-0.15, -0.1) is 0 Å². The first-order valence-corrected chi connectivity index (χ1v) is 12.5. The molecule has 10 heteroatoms. The van der Waals surface area contributed by atoms with E-state index < -0.39 is 50.2 Å². The van der Waals surface area contributed by atoms with Crippen LogP contribution in [-0.2, 0) is 37.3 Å². The van der Waals surface area contributed by atoms with Gasteiger partial charge in [0.15, 0.2) is 6.10 Å². The summed E-state index contributed by atoms with van der Waals surface area (Å²) >= 11 is 0. The van der Waals surface area contributed by atoms with Gasteiger partial charge in [-0.1, -0.05) is 78.9 Å². The zero-order chi connectivity index (χ0) is 26.4. The molecule has 3 aromatic carbocycles. The van der Waals surface area contributed by atoms with Gasteiger partial charge in [0.2, 0.25) is 9.84 Å². The van der Waals surface area contributed by atoms with E-state index in [2.05, 4.69) is 0 Å². The number of sulfone groups is 1. The maximum atomic E-state index is 13.0. The molecule has 0 bridgehead atoms. The van der Waals surface area contributed by atoms with Crippen molar-refractivity contribution < 1.29 is 43.1 Å². The monoisotopic (exact) mass is 516 g/mol. The van der Waals surface area contributed by atoms with E-state index in [4.69, 9.17) is 9.47 Å². The number of aliphatic hydroxyl groups is 4. The molecule has 192 valence electrons. The summed E-state index contributed by atoms with van der Waals surface area (Å²) < 4.78 is 36.7. The highest BCUT2D eigenvalue weighted by atomic mass is 32.2. The van der Waals surface area contributed by atoms with Crippen LogP contribution in [0.2, 0.25) is 0 Å². The Morgan fingerprint density at radius 3 is 1.56 bits per heavy atom. The van der Waals surface area contributed by atoms with Crippen molar-refractivity contribution in [3.63, 3.8) is 0 Å². The molecule has 0 radical (unpaired) electrons. The highest BCUT2D eigenvalue weighted by Gasteiger charge is 2.63. The van der Waals surface area contributed by atoms with Crippen molar-refractivity contribution in [2.24, 2.45) is 0 Å². The lowest BCUT2D eigenvalue weighted by atomic mass is 9.94. The topological polar surface area (TPSA) is 151 Å². The minimum absolute atomic E-state index is 0.383. The van der Waals surface area contributed by atoms with Gasteiger partial charge in [-0.3, -0.25) is 4.79 Å². The second kappa shape index (κ2) is 11.4. The minimum atomic E-state index is -4.83. The fourth-order valence-electron chi connectivity index (χ4n) is 3.46. The van der Waals surface area contributed by atoms with Crippen molar-refractivity contribution in [2.75, 3.05) is 0 Å². The summed E-state index contributed by atoms with van der Waals surface area (Å²) in [5.74, 6) is -6.55. The van der Waals surface area contributed by atoms with E-state index in [1.165, 1.54) is 18.2 Å². The molecule has 0 fully saturated rings. The number of hydrogen-bond donors (Lipinski definition) is 4. The van der Waals surface area contributed by atoms with Gasteiger partial charge in [-0.05, 0) is 30.2 Å². The molecule has 0 aliphatic heterocycles. The molecule has 0 aliphatic carbocycles. The molecule has 3 aromatic rings. The van der Waals surface area contributed by atoms with E-state index in [9.17, 15) is 33.6 Å². The van der Waals surface area contributed by atoms with Crippen molar-refractivity contribution in [2.45, 2.75) is 48.8 Å². The Bertz CT molecular complexity index is 1230. The van der Waals surface area contributed by atoms with Gasteiger partial charge in [0, 0.05) is 0 Å². The Hall–Kier alpha value is -2.96. The third-order valence-electron chi connectivity index (χ3n) is 5.60. The number of carbonyl (C=O) groups excluding carboxylic acids is 1. The first-order valence-electron chi connectivity index (χ1n) is 11.0. The molecule has 0 aromatic heterocycles. The average molecular weight is 517 g/mol. The lowest BCUT2D eigenvalue weighted by Gasteiger charge is -2.45. The van der Waals surface area contributed by atoms with Crippen LogP contribution in [0.25, 0.3) is 0 Å². The molecular formula is C26H28O9S. The van der Waals surface area contributed by atoms with E-state index in [0.717, 1.165) is 19.1 Å². The lowest BCUT2D eigenvalue weighted by Crippen LogP contribution is -2.70. The third kappa shape index (κ3) is 5.71. The van der Waals surface area contributed by atoms with Crippen molar-refractivity contribution in [1.29, 1.82) is 0 Å². The second-order valence-corrected chi connectivity index (χ2v) is 10.0. The Balaban J connectivity index is 2.02. The molecule has 0 heterocycles. The molecular weight excluding hydrogens is 488 g/mol. The van der Waals surface area contributed by atoms with Crippen LogP contribution in [0.4, 0.5) is 0 Å². The minimum Gasteiger partial charge on any atom is -0.388 e. The highest BCUT2D eigenvalue weighted by molar-refractivity contribution is 8.06. The molecule has 0 unspecified atom stereocenters. The molecule has 4 atom stereocenters. The fraction of sp³-hybridized carbons (Fsp3) is 0.269. The van der Waals surface area contributed by atoms with E-state index in [1.807, 2.05) is 0 Å². The van der Waals surface area contributed by atoms with Gasteiger partial charge in [0.1, 0.15) is 6.10 Å². The molecule has 0 spiro atoms. The summed E-state index contributed by atoms with van der Waals surface area (Å²) in [7, 11) is -4.83. The van der Waals surface area contributed by atoms with Crippen LogP contribution in [0.1, 0.15) is 18.1 Å². The summed E-state index contributed by atoms with van der Waals surface area (Å²) in [6.45, 7) is 0.174. The highest BCUT2D eigenvalue weighted by Crippen LogP contribution is 2.36. The van der Waals surface area contributed by atoms with Gasteiger partial charge >= 0.3 is 0 Å². The molecule has 0 saturated carbocycles. The molecule has 0 saturated heterocycles. The summed E-state index contributed by atoms with van der Waals surface area (Å²) in [5.41, 5.74) is 0.970. The van der Waals surface area contributed by atoms with Gasteiger partial charge in [0.05, 0.1) is 18.1 Å². The van der Waals surface area contributed by atoms with Crippen LogP contribution in [0.3, 0.4) is 0 Å². The second-order valence-electron chi connectivity index (χ2n) is 8.16. The number of carbonyl (C=O) groups is 1. The van der Waals surface area contributed by atoms with Crippen molar-refractivity contribution in [3.8, 4) is 0 Å². The van der Waals surface area contributed by atoms with Crippen molar-refractivity contribution in [3.05, 3.63) is 102 Å². The van der Waals surface area contributed by atoms with Crippen molar-refractivity contribution in [1.82, 2.24) is 0 Å². The zero-order valence-electron chi connectivity index (χ0n) is 19.5. The summed E-state index contributed by atoms with van der Waals surface area (Å²) in [6.07, 6.45) is -4.83. The number of aliphatic hydroxyl groups excluding tert-OH is 2. The number of benzene rings is 3. The van der Waals surface area contributed by atoms with Crippen LogP contribution in [0.5, 0.6) is 0 Å². The predicted molar refractivity (Wildman–Crippen MR) is 129 cm³/mol.